The summed E-state index contributed by atoms with van der Waals surface area (Å²) in [5, 5.41) is 0. The normalized spacial score (nSPS) is 14.8. The minimum Gasteiger partial charge on any atom is -0.489 e. The van der Waals surface area contributed by atoms with Gasteiger partial charge in [0.05, 0.1) is 10.6 Å². The second kappa shape index (κ2) is 9.51. The van der Waals surface area contributed by atoms with Gasteiger partial charge in [-0.2, -0.15) is 0 Å². The lowest BCUT2D eigenvalue weighted by Crippen LogP contribution is -2.27. The van der Waals surface area contributed by atoms with E-state index < -0.39 is 0 Å². The smallest absolute Gasteiger partial charge is 0.270 e. The molecule has 0 aromatic heterocycles. The van der Waals surface area contributed by atoms with Crippen molar-refractivity contribution in [2.45, 2.75) is 20.5 Å². The molecule has 1 heterocycles. The molecule has 0 unspecified atom stereocenters. The Balaban J connectivity index is 1.46. The number of thiocarbonyl (C=S) groups is 1. The molecule has 4 nitrogen and oxygen atoms in total. The van der Waals surface area contributed by atoms with Crippen LogP contribution in [0.4, 0.5) is 5.69 Å². The molecule has 0 spiro atoms. The van der Waals surface area contributed by atoms with E-state index in [4.69, 9.17) is 17.0 Å². The molecular formula is C26H21NO3S2. The van der Waals surface area contributed by atoms with Crippen LogP contribution in [0.5, 0.6) is 5.75 Å². The predicted octanol–water partition coefficient (Wildman–Crippen LogP) is 6.18. The van der Waals surface area contributed by atoms with Crippen LogP contribution in [-0.2, 0) is 11.4 Å². The highest BCUT2D eigenvalue weighted by atomic mass is 32.2. The number of aryl methyl sites for hydroxylation is 1. The fourth-order valence-corrected chi connectivity index (χ4v) is 4.52. The van der Waals surface area contributed by atoms with Crippen molar-refractivity contribution in [3.05, 3.63) is 100.0 Å². The topological polar surface area (TPSA) is 46.6 Å². The monoisotopic (exact) mass is 459 g/mol. The largest absolute Gasteiger partial charge is 0.489 e. The van der Waals surface area contributed by atoms with Gasteiger partial charge in [0.15, 0.2) is 10.1 Å². The van der Waals surface area contributed by atoms with Gasteiger partial charge in [0.25, 0.3) is 5.91 Å². The highest BCUT2D eigenvalue weighted by molar-refractivity contribution is 8.27. The third-order valence-corrected chi connectivity index (χ3v) is 6.31. The summed E-state index contributed by atoms with van der Waals surface area (Å²) >= 11 is 6.69. The number of ether oxygens (including phenoxy) is 1. The molecule has 4 rings (SSSR count). The predicted molar refractivity (Wildman–Crippen MR) is 134 cm³/mol. The number of benzene rings is 3. The Morgan fingerprint density at radius 2 is 1.78 bits per heavy atom. The van der Waals surface area contributed by atoms with Gasteiger partial charge >= 0.3 is 0 Å². The Bertz CT molecular complexity index is 1210. The first kappa shape index (κ1) is 22.0. The molecule has 0 N–H and O–H groups in total. The summed E-state index contributed by atoms with van der Waals surface area (Å²) < 4.78 is 6.30. The molecule has 160 valence electrons. The van der Waals surface area contributed by atoms with E-state index in [1.54, 1.807) is 24.3 Å². The lowest BCUT2D eigenvalue weighted by atomic mass is 10.1. The van der Waals surface area contributed by atoms with Gasteiger partial charge in [0.1, 0.15) is 12.4 Å². The van der Waals surface area contributed by atoms with Gasteiger partial charge in [0.2, 0.25) is 0 Å². The number of thioether (sulfide) groups is 1. The summed E-state index contributed by atoms with van der Waals surface area (Å²) in [4.78, 5) is 26.7. The second-order valence-electron chi connectivity index (χ2n) is 7.47. The minimum absolute atomic E-state index is 0.0579. The molecule has 0 saturated carbocycles. The first-order valence-corrected chi connectivity index (χ1v) is 11.3. The second-order valence-corrected chi connectivity index (χ2v) is 9.14. The van der Waals surface area contributed by atoms with E-state index in [0.717, 1.165) is 16.9 Å². The van der Waals surface area contributed by atoms with Crippen LogP contribution in [0, 0.1) is 6.92 Å². The van der Waals surface area contributed by atoms with Crippen molar-refractivity contribution in [1.82, 2.24) is 0 Å². The van der Waals surface area contributed by atoms with Gasteiger partial charge in [-0.3, -0.25) is 14.5 Å². The van der Waals surface area contributed by atoms with Crippen LogP contribution in [0.1, 0.15) is 34.0 Å². The highest BCUT2D eigenvalue weighted by Crippen LogP contribution is 2.36. The molecule has 0 radical (unpaired) electrons. The SMILES string of the molecule is CC(=O)c1cccc(N2C(=O)C(=Cc3ccc(OCc4ccc(C)cc4)cc3)SC2=S)c1. The fraction of sp³-hybridized carbons (Fsp3) is 0.115. The third-order valence-electron chi connectivity index (χ3n) is 5.01. The molecule has 1 amide bonds. The number of ketones is 1. The van der Waals surface area contributed by atoms with Crippen molar-refractivity contribution in [3.8, 4) is 5.75 Å². The minimum atomic E-state index is -0.194. The number of carbonyl (C=O) groups is 2. The molecule has 0 aliphatic carbocycles. The average Bonchev–Trinajstić information content (AvgIpc) is 3.07. The molecule has 1 saturated heterocycles. The maximum atomic E-state index is 13.0. The maximum absolute atomic E-state index is 13.0. The standard InChI is InChI=1S/C26H21NO3S2/c1-17-6-8-20(9-7-17)16-30-23-12-10-19(11-13-23)14-24-25(29)27(26(31)32-24)22-5-3-4-21(15-22)18(2)28/h3-15H,16H2,1-2H3. The molecule has 1 aliphatic rings. The van der Waals surface area contributed by atoms with Gasteiger partial charge in [-0.15, -0.1) is 0 Å². The lowest BCUT2D eigenvalue weighted by molar-refractivity contribution is -0.113. The Hall–Kier alpha value is -3.22. The summed E-state index contributed by atoms with van der Waals surface area (Å²) in [6.45, 7) is 4.05. The first-order valence-electron chi connectivity index (χ1n) is 10.1. The molecule has 32 heavy (non-hydrogen) atoms. The van der Waals surface area contributed by atoms with Gasteiger partial charge < -0.3 is 4.74 Å². The van der Waals surface area contributed by atoms with Crippen molar-refractivity contribution in [3.63, 3.8) is 0 Å². The molecular weight excluding hydrogens is 438 g/mol. The third kappa shape index (κ3) is 4.98. The van der Waals surface area contributed by atoms with Crippen molar-refractivity contribution >= 4 is 51.8 Å². The van der Waals surface area contributed by atoms with Crippen molar-refractivity contribution < 1.29 is 14.3 Å². The Kier molecular flexibility index (Phi) is 6.53. The van der Waals surface area contributed by atoms with E-state index in [1.807, 2.05) is 30.3 Å². The number of anilines is 1. The van der Waals surface area contributed by atoms with Gasteiger partial charge in [0, 0.05) is 5.56 Å². The fourth-order valence-electron chi connectivity index (χ4n) is 3.22. The van der Waals surface area contributed by atoms with Crippen LogP contribution in [0.2, 0.25) is 0 Å². The lowest BCUT2D eigenvalue weighted by Gasteiger charge is -2.15. The van der Waals surface area contributed by atoms with E-state index in [1.165, 1.54) is 29.1 Å². The Labute approximate surface area is 196 Å². The van der Waals surface area contributed by atoms with Crippen LogP contribution in [-0.4, -0.2) is 16.0 Å². The van der Waals surface area contributed by atoms with Crippen LogP contribution in [0.15, 0.2) is 77.7 Å². The number of rotatable bonds is 6. The Morgan fingerprint density at radius 3 is 2.47 bits per heavy atom. The number of hydrogen-bond donors (Lipinski definition) is 0. The average molecular weight is 460 g/mol. The van der Waals surface area contributed by atoms with Gasteiger partial charge in [-0.25, -0.2) is 0 Å². The molecule has 6 heteroatoms. The quantitative estimate of drug-likeness (QED) is 0.250. The Morgan fingerprint density at radius 1 is 1.06 bits per heavy atom. The van der Waals surface area contributed by atoms with E-state index in [-0.39, 0.29) is 11.7 Å². The zero-order valence-electron chi connectivity index (χ0n) is 17.7. The van der Waals surface area contributed by atoms with Crippen molar-refractivity contribution in [2.24, 2.45) is 0 Å². The van der Waals surface area contributed by atoms with Crippen LogP contribution < -0.4 is 9.64 Å². The van der Waals surface area contributed by atoms with Crippen LogP contribution in [0.25, 0.3) is 6.08 Å². The van der Waals surface area contributed by atoms with E-state index in [0.29, 0.717) is 27.1 Å². The summed E-state index contributed by atoms with van der Waals surface area (Å²) in [5.41, 5.74) is 4.35. The zero-order valence-corrected chi connectivity index (χ0v) is 19.3. The van der Waals surface area contributed by atoms with Gasteiger partial charge in [-0.05, 0) is 55.3 Å². The molecule has 0 atom stereocenters. The summed E-state index contributed by atoms with van der Waals surface area (Å²) in [5.74, 6) is 0.509. The molecule has 1 fully saturated rings. The summed E-state index contributed by atoms with van der Waals surface area (Å²) in [6, 6.07) is 22.8. The number of Topliss-reactive ketones (excluding diaryl/α,β-unsaturated/α-hetero) is 1. The van der Waals surface area contributed by atoms with Crippen LogP contribution >= 0.6 is 24.0 Å². The maximum Gasteiger partial charge on any atom is 0.270 e. The summed E-state index contributed by atoms with van der Waals surface area (Å²) in [6.07, 6.45) is 1.82. The van der Waals surface area contributed by atoms with E-state index >= 15 is 0 Å². The number of hydrogen-bond acceptors (Lipinski definition) is 5. The van der Waals surface area contributed by atoms with Crippen molar-refractivity contribution in [2.75, 3.05) is 4.90 Å². The summed E-state index contributed by atoms with van der Waals surface area (Å²) in [7, 11) is 0. The molecule has 0 bridgehead atoms. The first-order chi connectivity index (χ1) is 15.4. The number of carbonyl (C=O) groups excluding carboxylic acids is 2. The van der Waals surface area contributed by atoms with Gasteiger partial charge in [-0.1, -0.05) is 78.1 Å². The highest BCUT2D eigenvalue weighted by Gasteiger charge is 2.33. The van der Waals surface area contributed by atoms with E-state index in [9.17, 15) is 9.59 Å². The van der Waals surface area contributed by atoms with Crippen LogP contribution in [0.3, 0.4) is 0 Å². The molecule has 3 aromatic rings. The molecule has 3 aromatic carbocycles. The van der Waals surface area contributed by atoms with E-state index in [2.05, 4.69) is 31.2 Å². The molecule has 1 aliphatic heterocycles. The van der Waals surface area contributed by atoms with Crippen molar-refractivity contribution in [1.29, 1.82) is 0 Å². The zero-order chi connectivity index (χ0) is 22.7. The number of amides is 1. The number of nitrogens with zero attached hydrogens (tertiary/aromatic N) is 1.